The molecule has 0 amide bonds. The first kappa shape index (κ1) is 17.7. The predicted octanol–water partition coefficient (Wildman–Crippen LogP) is 3.96. The summed E-state index contributed by atoms with van der Waals surface area (Å²) in [5, 5.41) is 9.92. The van der Waals surface area contributed by atoms with E-state index in [1.54, 1.807) is 0 Å². The number of nitriles is 1. The molecule has 0 fully saturated rings. The van der Waals surface area contributed by atoms with Gasteiger partial charge in [0, 0.05) is 19.8 Å². The highest BCUT2D eigenvalue weighted by Crippen LogP contribution is 2.45. The molecule has 0 N–H and O–H groups in total. The van der Waals surface area contributed by atoms with E-state index in [-0.39, 0.29) is 5.76 Å². The highest BCUT2D eigenvalue weighted by molar-refractivity contribution is 5.94. The summed E-state index contributed by atoms with van der Waals surface area (Å²) >= 11 is 0. The number of nitrogens with zero attached hydrogens (tertiary/aromatic N) is 1. The molecule has 0 saturated heterocycles. The molecule has 2 aromatic carbocycles. The van der Waals surface area contributed by atoms with E-state index in [9.17, 15) is 5.26 Å². The van der Waals surface area contributed by atoms with Gasteiger partial charge in [-0.05, 0) is 5.56 Å². The molecule has 26 heavy (non-hydrogen) atoms. The lowest BCUT2D eigenvalue weighted by Gasteiger charge is -2.37. The Balaban J connectivity index is 2.36. The van der Waals surface area contributed by atoms with Crippen LogP contribution in [-0.4, -0.2) is 27.3 Å². The molecule has 0 spiro atoms. The molecule has 0 aliphatic carbocycles. The minimum atomic E-state index is -1.59. The summed E-state index contributed by atoms with van der Waals surface area (Å²) in [5.74, 6) is -0.938. The fraction of sp³-hybridized carbons (Fsp3) is 0.190. The number of rotatable bonds is 5. The lowest BCUT2D eigenvalue weighted by molar-refractivity contribution is -0.325. The van der Waals surface area contributed by atoms with Gasteiger partial charge in [0.15, 0.2) is 5.76 Å². The Morgan fingerprint density at radius 2 is 1.38 bits per heavy atom. The molecule has 2 aromatic rings. The van der Waals surface area contributed by atoms with Crippen molar-refractivity contribution in [3.63, 3.8) is 0 Å². The zero-order chi connectivity index (χ0) is 18.6. The van der Waals surface area contributed by atoms with Crippen LogP contribution in [-0.2, 0) is 18.9 Å². The van der Waals surface area contributed by atoms with Crippen molar-refractivity contribution in [1.82, 2.24) is 0 Å². The molecule has 0 atom stereocenters. The first-order chi connectivity index (χ1) is 12.7. The number of hydrogen-bond donors (Lipinski definition) is 0. The average Bonchev–Trinajstić information content (AvgIpc) is 2.73. The maximum atomic E-state index is 9.92. The van der Waals surface area contributed by atoms with Crippen molar-refractivity contribution in [1.29, 1.82) is 5.26 Å². The second kappa shape index (κ2) is 7.44. The van der Waals surface area contributed by atoms with Crippen LogP contribution in [0.5, 0.6) is 0 Å². The van der Waals surface area contributed by atoms with E-state index >= 15 is 0 Å². The van der Waals surface area contributed by atoms with Crippen LogP contribution < -0.4 is 0 Å². The Hall–Kier alpha value is -3.07. The van der Waals surface area contributed by atoms with E-state index in [0.29, 0.717) is 16.9 Å². The van der Waals surface area contributed by atoms with Crippen molar-refractivity contribution < 1.29 is 18.9 Å². The van der Waals surface area contributed by atoms with Crippen LogP contribution in [0.25, 0.3) is 11.3 Å². The topological polar surface area (TPSA) is 60.7 Å². The first-order valence-corrected chi connectivity index (χ1v) is 8.04. The van der Waals surface area contributed by atoms with Crippen molar-refractivity contribution in [2.24, 2.45) is 0 Å². The molecule has 0 radical (unpaired) electrons. The second-order valence-electron chi connectivity index (χ2n) is 5.52. The quantitative estimate of drug-likeness (QED) is 0.765. The summed E-state index contributed by atoms with van der Waals surface area (Å²) in [6, 6.07) is 21.1. The number of allylic oxidation sites excluding steroid dienone is 2. The molecule has 0 aromatic heterocycles. The van der Waals surface area contributed by atoms with E-state index < -0.39 is 5.97 Å². The Morgan fingerprint density at radius 3 is 1.85 bits per heavy atom. The summed E-state index contributed by atoms with van der Waals surface area (Å²) in [4.78, 5) is 0. The zero-order valence-corrected chi connectivity index (χ0v) is 14.9. The van der Waals surface area contributed by atoms with Crippen molar-refractivity contribution in [3.8, 4) is 6.07 Å². The normalized spacial score (nSPS) is 16.1. The van der Waals surface area contributed by atoms with Gasteiger partial charge in [-0.1, -0.05) is 60.7 Å². The van der Waals surface area contributed by atoms with Crippen LogP contribution in [0.15, 0.2) is 72.0 Å². The van der Waals surface area contributed by atoms with Crippen LogP contribution in [0.2, 0.25) is 0 Å². The van der Waals surface area contributed by atoms with Crippen LogP contribution in [0.4, 0.5) is 0 Å². The van der Waals surface area contributed by atoms with Crippen LogP contribution in [0.3, 0.4) is 0 Å². The van der Waals surface area contributed by atoms with Crippen LogP contribution in [0, 0.1) is 11.3 Å². The molecule has 5 nitrogen and oxygen atoms in total. The number of hydrogen-bond acceptors (Lipinski definition) is 5. The molecule has 3 rings (SSSR count). The lowest BCUT2D eigenvalue weighted by Crippen LogP contribution is -2.42. The molecule has 1 heterocycles. The van der Waals surface area contributed by atoms with Gasteiger partial charge in [-0.2, -0.15) is 5.26 Å². The molecule has 1 aliphatic rings. The second-order valence-corrected chi connectivity index (χ2v) is 5.52. The smallest absolute Gasteiger partial charge is 0.390 e. The predicted molar refractivity (Wildman–Crippen MR) is 97.2 cm³/mol. The van der Waals surface area contributed by atoms with E-state index in [2.05, 4.69) is 6.07 Å². The third-order valence-electron chi connectivity index (χ3n) is 4.17. The maximum absolute atomic E-state index is 9.92. The molecule has 0 bridgehead atoms. The third kappa shape index (κ3) is 2.86. The van der Waals surface area contributed by atoms with Gasteiger partial charge in [0.05, 0.1) is 12.7 Å². The highest BCUT2D eigenvalue weighted by Gasteiger charge is 2.48. The Morgan fingerprint density at radius 1 is 0.846 bits per heavy atom. The summed E-state index contributed by atoms with van der Waals surface area (Å²) in [6.07, 6.45) is 0. The average molecular weight is 349 g/mol. The van der Waals surface area contributed by atoms with Crippen molar-refractivity contribution in [2.75, 3.05) is 21.3 Å². The van der Waals surface area contributed by atoms with Crippen LogP contribution >= 0.6 is 0 Å². The summed E-state index contributed by atoms with van der Waals surface area (Å²) in [5.41, 5.74) is 2.47. The maximum Gasteiger partial charge on any atom is 0.390 e. The van der Waals surface area contributed by atoms with Gasteiger partial charge in [0.25, 0.3) is 0 Å². The van der Waals surface area contributed by atoms with Gasteiger partial charge in [0.2, 0.25) is 5.76 Å². The summed E-state index contributed by atoms with van der Waals surface area (Å²) in [6.45, 7) is 0. The van der Waals surface area contributed by atoms with Gasteiger partial charge in [0.1, 0.15) is 11.6 Å². The summed E-state index contributed by atoms with van der Waals surface area (Å²) < 4.78 is 22.8. The van der Waals surface area contributed by atoms with Crippen molar-refractivity contribution in [3.05, 3.63) is 83.1 Å². The van der Waals surface area contributed by atoms with E-state index in [4.69, 9.17) is 18.9 Å². The van der Waals surface area contributed by atoms with Gasteiger partial charge in [-0.15, -0.1) is 0 Å². The SMILES string of the molecule is COC1=C(c2ccccc2)C(C#N)=C(c2ccccc2)OC1(OC)OC. The van der Waals surface area contributed by atoms with E-state index in [1.807, 2.05) is 60.7 Å². The molecule has 0 saturated carbocycles. The molecular weight excluding hydrogens is 330 g/mol. The molecule has 0 unspecified atom stereocenters. The van der Waals surface area contributed by atoms with E-state index in [0.717, 1.165) is 11.1 Å². The first-order valence-electron chi connectivity index (χ1n) is 8.04. The molecule has 132 valence electrons. The molecular formula is C21H19NO4. The molecule has 5 heteroatoms. The van der Waals surface area contributed by atoms with Gasteiger partial charge < -0.3 is 18.9 Å². The lowest BCUT2D eigenvalue weighted by atomic mass is 9.92. The zero-order valence-electron chi connectivity index (χ0n) is 14.9. The monoisotopic (exact) mass is 349 g/mol. The van der Waals surface area contributed by atoms with Gasteiger partial charge >= 0.3 is 5.97 Å². The number of benzene rings is 2. The minimum Gasteiger partial charge on any atom is -0.492 e. The Labute approximate surface area is 152 Å². The van der Waals surface area contributed by atoms with Gasteiger partial charge in [-0.3, -0.25) is 0 Å². The number of methoxy groups -OCH3 is 3. The Bertz CT molecular complexity index is 875. The fourth-order valence-corrected chi connectivity index (χ4v) is 2.97. The largest absolute Gasteiger partial charge is 0.492 e. The Kier molecular flexibility index (Phi) is 5.08. The molecule has 1 aliphatic heterocycles. The van der Waals surface area contributed by atoms with E-state index in [1.165, 1.54) is 21.3 Å². The van der Waals surface area contributed by atoms with Gasteiger partial charge in [-0.25, -0.2) is 0 Å². The minimum absolute atomic E-state index is 0.282. The third-order valence-corrected chi connectivity index (χ3v) is 4.17. The van der Waals surface area contributed by atoms with Crippen molar-refractivity contribution in [2.45, 2.75) is 5.97 Å². The van der Waals surface area contributed by atoms with Crippen LogP contribution in [0.1, 0.15) is 11.1 Å². The summed E-state index contributed by atoms with van der Waals surface area (Å²) in [7, 11) is 4.42. The highest BCUT2D eigenvalue weighted by atomic mass is 16.9. The number of ether oxygens (including phenoxy) is 4. The fourth-order valence-electron chi connectivity index (χ4n) is 2.97. The van der Waals surface area contributed by atoms with Crippen molar-refractivity contribution >= 4 is 11.3 Å². The standard InChI is InChI=1S/C21H19NO4/c1-23-20-18(15-10-6-4-7-11-15)17(14-22)19(16-12-8-5-9-13-16)26-21(20,24-2)25-3/h4-13H,1-3H3.